The number of alkyl halides is 3. The van der Waals surface area contributed by atoms with Crippen LogP contribution in [0.3, 0.4) is 0 Å². The van der Waals surface area contributed by atoms with Crippen LogP contribution in [-0.2, 0) is 12.7 Å². The fourth-order valence-electron chi connectivity index (χ4n) is 5.27. The zero-order valence-electron chi connectivity index (χ0n) is 22.6. The van der Waals surface area contributed by atoms with E-state index >= 15 is 0 Å². The third-order valence-corrected chi connectivity index (χ3v) is 7.93. The summed E-state index contributed by atoms with van der Waals surface area (Å²) in [7, 11) is 0. The number of halogens is 3. The van der Waals surface area contributed by atoms with Crippen LogP contribution in [0, 0.1) is 0 Å². The average molecular weight is 595 g/mol. The highest BCUT2D eigenvalue weighted by atomic mass is 19.4. The Labute approximate surface area is 241 Å². The monoisotopic (exact) mass is 594 g/mol. The third kappa shape index (κ3) is 5.09. The van der Waals surface area contributed by atoms with Crippen molar-refractivity contribution in [3.63, 3.8) is 0 Å². The molecule has 5 aromatic rings. The minimum absolute atomic E-state index is 0.00536. The zero-order valence-corrected chi connectivity index (χ0v) is 22.6. The number of rotatable bonds is 6. The van der Waals surface area contributed by atoms with E-state index in [1.807, 2.05) is 0 Å². The summed E-state index contributed by atoms with van der Waals surface area (Å²) < 4.78 is 48.3. The molecule has 1 saturated carbocycles. The number of oxazole rings is 1. The standard InChI is InChI=1S/C28H25F3N8O4/c29-28(30,31)18-11-34-38(14-18)19-3-5-20(6-4-19)39-23-21(12-35-39)25(40)37(16-33-23)15-27(42)7-9-36(10-8-27)26(41)22-13-32-24(43-22)17-1-2-17/h3-6,11-14,16-17,42H,1-2,7-10,15H2. The SMILES string of the molecule is O=C(c1cnc(C2CC2)o1)N1CCC(O)(Cn2cnc3c(cnn3-c3ccc(-n4cc(C(F)(F)F)cn4)cc3)c2=O)CC1. The van der Waals surface area contributed by atoms with E-state index in [1.54, 1.807) is 29.2 Å². The summed E-state index contributed by atoms with van der Waals surface area (Å²) in [4.78, 5) is 36.4. The first kappa shape index (κ1) is 27.1. The molecule has 12 nitrogen and oxygen atoms in total. The summed E-state index contributed by atoms with van der Waals surface area (Å²) in [6, 6.07) is 6.43. The Bertz CT molecular complexity index is 1880. The molecule has 0 unspecified atom stereocenters. The van der Waals surface area contributed by atoms with Gasteiger partial charge in [-0.15, -0.1) is 0 Å². The summed E-state index contributed by atoms with van der Waals surface area (Å²) in [6.45, 7) is 0.584. The van der Waals surface area contributed by atoms with E-state index in [2.05, 4.69) is 20.2 Å². The number of piperidine rings is 1. The van der Waals surface area contributed by atoms with E-state index in [4.69, 9.17) is 4.42 Å². The molecule has 15 heteroatoms. The molecule has 1 aromatic carbocycles. The summed E-state index contributed by atoms with van der Waals surface area (Å²) in [5, 5.41) is 19.6. The van der Waals surface area contributed by atoms with Gasteiger partial charge >= 0.3 is 6.18 Å². The highest BCUT2D eigenvalue weighted by Crippen LogP contribution is 2.39. The molecule has 1 N–H and O–H groups in total. The Balaban J connectivity index is 1.04. The van der Waals surface area contributed by atoms with Gasteiger partial charge in [-0.25, -0.2) is 19.3 Å². The smallest absolute Gasteiger partial charge is 0.419 e. The van der Waals surface area contributed by atoms with Gasteiger partial charge in [0.25, 0.3) is 11.5 Å². The number of amides is 1. The fourth-order valence-corrected chi connectivity index (χ4v) is 5.27. The molecule has 2 fully saturated rings. The lowest BCUT2D eigenvalue weighted by atomic mass is 9.91. The molecule has 1 saturated heterocycles. The van der Waals surface area contributed by atoms with Gasteiger partial charge in [-0.05, 0) is 49.9 Å². The van der Waals surface area contributed by atoms with Gasteiger partial charge in [-0.2, -0.15) is 23.4 Å². The van der Waals surface area contributed by atoms with Crippen molar-refractivity contribution >= 4 is 16.9 Å². The van der Waals surface area contributed by atoms with Crippen LogP contribution in [0.25, 0.3) is 22.4 Å². The predicted octanol–water partition coefficient (Wildman–Crippen LogP) is 3.32. The second-order valence-corrected chi connectivity index (χ2v) is 11.0. The maximum absolute atomic E-state index is 13.3. The summed E-state index contributed by atoms with van der Waals surface area (Å²) >= 11 is 0. The van der Waals surface area contributed by atoms with Crippen molar-refractivity contribution < 1.29 is 27.5 Å². The number of nitrogens with zero attached hydrogens (tertiary/aromatic N) is 8. The van der Waals surface area contributed by atoms with Gasteiger partial charge in [0.1, 0.15) is 11.7 Å². The molecule has 2 aliphatic rings. The lowest BCUT2D eigenvalue weighted by molar-refractivity contribution is -0.137. The van der Waals surface area contributed by atoms with Crippen molar-refractivity contribution in [1.29, 1.82) is 0 Å². The Morgan fingerprint density at radius 2 is 1.74 bits per heavy atom. The number of aliphatic hydroxyl groups is 1. The second-order valence-electron chi connectivity index (χ2n) is 11.0. The van der Waals surface area contributed by atoms with Gasteiger partial charge in [0.2, 0.25) is 5.76 Å². The number of benzene rings is 1. The maximum atomic E-state index is 13.3. The number of hydrogen-bond acceptors (Lipinski definition) is 8. The number of fused-ring (bicyclic) bond motifs is 1. The first-order valence-electron chi connectivity index (χ1n) is 13.7. The third-order valence-electron chi connectivity index (χ3n) is 7.93. The molecule has 1 aliphatic heterocycles. The lowest BCUT2D eigenvalue weighted by Crippen LogP contribution is -2.49. The number of carbonyl (C=O) groups is 1. The molecule has 7 rings (SSSR count). The molecule has 0 atom stereocenters. The Morgan fingerprint density at radius 1 is 1.02 bits per heavy atom. The highest BCUT2D eigenvalue weighted by molar-refractivity contribution is 5.91. The Hall–Kier alpha value is -4.79. The van der Waals surface area contributed by atoms with Gasteiger partial charge in [0.15, 0.2) is 11.5 Å². The van der Waals surface area contributed by atoms with E-state index in [-0.39, 0.29) is 47.6 Å². The van der Waals surface area contributed by atoms with E-state index in [1.165, 1.54) is 28.0 Å². The van der Waals surface area contributed by atoms with Crippen LogP contribution in [0.15, 0.2) is 64.6 Å². The minimum atomic E-state index is -4.49. The maximum Gasteiger partial charge on any atom is 0.419 e. The normalized spacial score (nSPS) is 17.1. The quantitative estimate of drug-likeness (QED) is 0.316. The van der Waals surface area contributed by atoms with Crippen LogP contribution < -0.4 is 5.56 Å². The van der Waals surface area contributed by atoms with Gasteiger partial charge < -0.3 is 14.4 Å². The summed E-state index contributed by atoms with van der Waals surface area (Å²) in [5.74, 6) is 0.826. The van der Waals surface area contributed by atoms with E-state index in [0.717, 1.165) is 29.9 Å². The van der Waals surface area contributed by atoms with Crippen molar-refractivity contribution in [2.45, 2.75) is 49.9 Å². The lowest BCUT2D eigenvalue weighted by Gasteiger charge is -2.38. The molecular formula is C28H25F3N8O4. The van der Waals surface area contributed by atoms with Gasteiger partial charge in [0.05, 0.1) is 47.7 Å². The molecule has 0 radical (unpaired) electrons. The number of carbonyl (C=O) groups excluding carboxylic acids is 1. The fraction of sp³-hybridized carbons (Fsp3) is 0.357. The summed E-state index contributed by atoms with van der Waals surface area (Å²) in [6.07, 6.45) is 3.92. The Kier molecular flexibility index (Phi) is 6.23. The molecule has 1 aliphatic carbocycles. The van der Waals surface area contributed by atoms with Crippen LogP contribution in [0.5, 0.6) is 0 Å². The predicted molar refractivity (Wildman–Crippen MR) is 144 cm³/mol. The molecule has 0 bridgehead atoms. The first-order valence-corrected chi connectivity index (χ1v) is 13.7. The van der Waals surface area contributed by atoms with E-state index < -0.39 is 17.3 Å². The van der Waals surface area contributed by atoms with Gasteiger partial charge in [-0.3, -0.25) is 14.2 Å². The van der Waals surface area contributed by atoms with Crippen molar-refractivity contribution in [3.05, 3.63) is 82.9 Å². The number of hydrogen-bond donors (Lipinski definition) is 1. The largest absolute Gasteiger partial charge is 0.435 e. The average Bonchev–Trinajstić information content (AvgIpc) is 3.37. The van der Waals surface area contributed by atoms with Crippen LogP contribution in [0.4, 0.5) is 13.2 Å². The molecule has 0 spiro atoms. The van der Waals surface area contributed by atoms with Crippen LogP contribution in [0.1, 0.15) is 53.6 Å². The molecule has 1 amide bonds. The molecule has 222 valence electrons. The number of aromatic nitrogens is 7. The molecule has 43 heavy (non-hydrogen) atoms. The topological polar surface area (TPSA) is 137 Å². The second kappa shape index (κ2) is 9.90. The molecule has 5 heterocycles. The van der Waals surface area contributed by atoms with Crippen LogP contribution in [-0.4, -0.2) is 68.7 Å². The highest BCUT2D eigenvalue weighted by Gasteiger charge is 2.37. The van der Waals surface area contributed by atoms with Gasteiger partial charge in [0, 0.05) is 25.2 Å². The Morgan fingerprint density at radius 3 is 2.42 bits per heavy atom. The van der Waals surface area contributed by atoms with Crippen LogP contribution >= 0.6 is 0 Å². The van der Waals surface area contributed by atoms with Crippen molar-refractivity contribution in [2.24, 2.45) is 0 Å². The van der Waals surface area contributed by atoms with Crippen molar-refractivity contribution in [1.82, 2.24) is 39.0 Å². The minimum Gasteiger partial charge on any atom is -0.435 e. The first-order chi connectivity index (χ1) is 20.6. The number of likely N-dealkylation sites (tertiary alicyclic amines) is 1. The van der Waals surface area contributed by atoms with Crippen molar-refractivity contribution in [2.75, 3.05) is 13.1 Å². The zero-order chi connectivity index (χ0) is 29.9. The van der Waals surface area contributed by atoms with E-state index in [9.17, 15) is 27.9 Å². The molecule has 4 aromatic heterocycles. The van der Waals surface area contributed by atoms with Gasteiger partial charge in [-0.1, -0.05) is 0 Å². The van der Waals surface area contributed by atoms with Crippen LogP contribution in [0.2, 0.25) is 0 Å². The molecular weight excluding hydrogens is 569 g/mol. The van der Waals surface area contributed by atoms with E-state index in [0.29, 0.717) is 36.3 Å². The van der Waals surface area contributed by atoms with Crippen molar-refractivity contribution in [3.8, 4) is 11.4 Å². The summed E-state index contributed by atoms with van der Waals surface area (Å²) in [5.41, 5.74) is -1.22.